The number of hydrogen-bond acceptors (Lipinski definition) is 8. The van der Waals surface area contributed by atoms with Gasteiger partial charge in [-0.25, -0.2) is 26.5 Å². The van der Waals surface area contributed by atoms with Gasteiger partial charge in [-0.15, -0.1) is 11.3 Å². The molecule has 11 heteroatoms. The van der Waals surface area contributed by atoms with E-state index in [4.69, 9.17) is 4.74 Å². The van der Waals surface area contributed by atoms with Crippen LogP contribution < -0.4 is 9.62 Å². The van der Waals surface area contributed by atoms with Crippen molar-refractivity contribution in [2.45, 2.75) is 30.7 Å². The van der Waals surface area contributed by atoms with Crippen molar-refractivity contribution in [3.63, 3.8) is 0 Å². The summed E-state index contributed by atoms with van der Waals surface area (Å²) in [6.45, 7) is 2.39. The Morgan fingerprint density at radius 3 is 2.65 bits per heavy atom. The monoisotopic (exact) mass is 425 g/mol. The van der Waals surface area contributed by atoms with Crippen molar-refractivity contribution in [2.24, 2.45) is 5.92 Å². The van der Waals surface area contributed by atoms with Crippen molar-refractivity contribution in [1.82, 2.24) is 9.71 Å². The first-order valence-corrected chi connectivity index (χ1v) is 13.0. The molecule has 0 unspecified atom stereocenters. The predicted molar refractivity (Wildman–Crippen MR) is 103 cm³/mol. The van der Waals surface area contributed by atoms with Crippen LogP contribution in [0, 0.1) is 5.92 Å². The SMILES string of the molecule is CN(CCCS(C)(=O)=O)c1nc(S(=O)(=O)NCCC2CCOCC2)cs1. The van der Waals surface area contributed by atoms with Crippen LogP contribution in [0.3, 0.4) is 0 Å². The predicted octanol–water partition coefficient (Wildman–Crippen LogP) is 1.11. The number of nitrogens with one attached hydrogen (secondary N) is 1. The van der Waals surface area contributed by atoms with Crippen molar-refractivity contribution in [3.05, 3.63) is 5.38 Å². The maximum absolute atomic E-state index is 12.4. The Morgan fingerprint density at radius 2 is 2.00 bits per heavy atom. The molecule has 0 spiro atoms. The number of rotatable bonds is 10. The van der Waals surface area contributed by atoms with Crippen molar-refractivity contribution in [2.75, 3.05) is 50.3 Å². The Hall–Kier alpha value is -0.750. The normalized spacial score (nSPS) is 16.7. The first kappa shape index (κ1) is 21.5. The first-order valence-electron chi connectivity index (χ1n) is 8.59. The van der Waals surface area contributed by atoms with E-state index in [1.807, 2.05) is 0 Å². The number of sulfone groups is 1. The molecular formula is C15H27N3O5S3. The topological polar surface area (TPSA) is 106 Å². The minimum atomic E-state index is -3.62. The number of sulfonamides is 1. The first-order chi connectivity index (χ1) is 12.2. The Bertz CT molecular complexity index is 770. The number of ether oxygens (including phenoxy) is 1. The Balaban J connectivity index is 1.83. The van der Waals surface area contributed by atoms with Gasteiger partial charge in [0.15, 0.2) is 10.2 Å². The molecule has 2 heterocycles. The molecule has 1 aliphatic rings. The third-order valence-electron chi connectivity index (χ3n) is 4.27. The molecule has 1 N–H and O–H groups in total. The summed E-state index contributed by atoms with van der Waals surface area (Å²) in [6.07, 6.45) is 4.42. The molecule has 0 aliphatic carbocycles. The van der Waals surface area contributed by atoms with Gasteiger partial charge in [0.05, 0.1) is 5.75 Å². The molecule has 1 aliphatic heterocycles. The quantitative estimate of drug-likeness (QED) is 0.598. The lowest BCUT2D eigenvalue weighted by molar-refractivity contribution is 0.0644. The molecule has 26 heavy (non-hydrogen) atoms. The van der Waals surface area contributed by atoms with Crippen molar-refractivity contribution in [1.29, 1.82) is 0 Å². The zero-order valence-electron chi connectivity index (χ0n) is 15.2. The summed E-state index contributed by atoms with van der Waals surface area (Å²) < 4.78 is 55.0. The van der Waals surface area contributed by atoms with E-state index in [1.54, 1.807) is 11.9 Å². The van der Waals surface area contributed by atoms with Crippen LogP contribution in [0.15, 0.2) is 10.4 Å². The highest BCUT2D eigenvalue weighted by molar-refractivity contribution is 7.90. The minimum Gasteiger partial charge on any atom is -0.381 e. The van der Waals surface area contributed by atoms with E-state index in [9.17, 15) is 16.8 Å². The van der Waals surface area contributed by atoms with E-state index in [2.05, 4.69) is 9.71 Å². The lowest BCUT2D eigenvalue weighted by atomic mass is 9.97. The molecule has 0 amide bonds. The van der Waals surface area contributed by atoms with E-state index < -0.39 is 19.9 Å². The molecule has 1 saturated heterocycles. The van der Waals surface area contributed by atoms with Crippen molar-refractivity contribution >= 4 is 36.3 Å². The fraction of sp³-hybridized carbons (Fsp3) is 0.800. The van der Waals surface area contributed by atoms with Crippen LogP contribution in [0.1, 0.15) is 25.7 Å². The molecule has 150 valence electrons. The molecule has 2 rings (SSSR count). The van der Waals surface area contributed by atoms with Crippen LogP contribution in [0.25, 0.3) is 0 Å². The van der Waals surface area contributed by atoms with Gasteiger partial charge in [0.1, 0.15) is 9.84 Å². The highest BCUT2D eigenvalue weighted by atomic mass is 32.2. The third kappa shape index (κ3) is 7.10. The summed E-state index contributed by atoms with van der Waals surface area (Å²) in [5.74, 6) is 0.597. The van der Waals surface area contributed by atoms with E-state index >= 15 is 0 Å². The number of thiazole rings is 1. The maximum atomic E-state index is 12.4. The van der Waals surface area contributed by atoms with Crippen LogP contribution in [-0.2, 0) is 24.6 Å². The summed E-state index contributed by atoms with van der Waals surface area (Å²) in [5, 5.41) is 2.09. The van der Waals surface area contributed by atoms with E-state index in [1.165, 1.54) is 23.0 Å². The van der Waals surface area contributed by atoms with Crippen LogP contribution in [0.2, 0.25) is 0 Å². The average Bonchev–Trinajstić information content (AvgIpc) is 3.05. The standard InChI is InChI=1S/C15H27N3O5S3/c1-18(8-3-11-25(2,19)20)15-17-14(12-24-15)26(21,22)16-7-4-13-5-9-23-10-6-13/h12-13,16H,3-11H2,1-2H3. The minimum absolute atomic E-state index is 0.0134. The van der Waals surface area contributed by atoms with Gasteiger partial charge in [-0.05, 0) is 31.6 Å². The summed E-state index contributed by atoms with van der Waals surface area (Å²) in [6, 6.07) is 0. The Morgan fingerprint density at radius 1 is 1.31 bits per heavy atom. The van der Waals surface area contributed by atoms with E-state index in [0.717, 1.165) is 32.5 Å². The fourth-order valence-corrected chi connectivity index (χ4v) is 5.50. The highest BCUT2D eigenvalue weighted by Crippen LogP contribution is 2.23. The van der Waals surface area contributed by atoms with Gasteiger partial charge in [0.25, 0.3) is 10.0 Å². The zero-order chi connectivity index (χ0) is 19.2. The lowest BCUT2D eigenvalue weighted by Crippen LogP contribution is -2.28. The Kier molecular flexibility index (Phi) is 7.83. The summed E-state index contributed by atoms with van der Waals surface area (Å²) >= 11 is 1.23. The molecule has 0 atom stereocenters. The second-order valence-electron chi connectivity index (χ2n) is 6.62. The third-order valence-corrected chi connectivity index (χ3v) is 7.75. The van der Waals surface area contributed by atoms with E-state index in [0.29, 0.717) is 30.6 Å². The van der Waals surface area contributed by atoms with E-state index in [-0.39, 0.29) is 10.8 Å². The van der Waals surface area contributed by atoms with Gasteiger partial charge in [-0.3, -0.25) is 0 Å². The Labute approximate surface area is 159 Å². The molecule has 0 radical (unpaired) electrons. The molecule has 0 bridgehead atoms. The average molecular weight is 426 g/mol. The molecule has 8 nitrogen and oxygen atoms in total. The number of hydrogen-bond donors (Lipinski definition) is 1. The molecule has 1 aromatic rings. The largest absolute Gasteiger partial charge is 0.381 e. The smallest absolute Gasteiger partial charge is 0.258 e. The number of aromatic nitrogens is 1. The van der Waals surface area contributed by atoms with Crippen molar-refractivity contribution < 1.29 is 21.6 Å². The second-order valence-corrected chi connectivity index (χ2v) is 11.4. The van der Waals surface area contributed by atoms with Crippen LogP contribution in [0.4, 0.5) is 5.13 Å². The van der Waals surface area contributed by atoms with Crippen LogP contribution in [-0.4, -0.2) is 67.2 Å². The zero-order valence-corrected chi connectivity index (χ0v) is 17.6. The molecule has 1 fully saturated rings. The maximum Gasteiger partial charge on any atom is 0.258 e. The van der Waals surface area contributed by atoms with Gasteiger partial charge < -0.3 is 9.64 Å². The lowest BCUT2D eigenvalue weighted by Gasteiger charge is -2.21. The van der Waals surface area contributed by atoms with Crippen molar-refractivity contribution in [3.8, 4) is 0 Å². The number of nitrogens with zero attached hydrogens (tertiary/aromatic N) is 2. The summed E-state index contributed by atoms with van der Waals surface area (Å²) in [7, 11) is -4.85. The summed E-state index contributed by atoms with van der Waals surface area (Å²) in [4.78, 5) is 5.96. The fourth-order valence-electron chi connectivity index (χ4n) is 2.71. The number of anilines is 1. The van der Waals surface area contributed by atoms with Gasteiger partial charge >= 0.3 is 0 Å². The van der Waals surface area contributed by atoms with Crippen LogP contribution >= 0.6 is 11.3 Å². The summed E-state index contributed by atoms with van der Waals surface area (Å²) in [5.41, 5.74) is 0. The second kappa shape index (κ2) is 9.45. The van der Waals surface area contributed by atoms with Gasteiger partial charge in [-0.2, -0.15) is 0 Å². The van der Waals surface area contributed by atoms with Gasteiger partial charge in [-0.1, -0.05) is 0 Å². The molecule has 1 aromatic heterocycles. The molecular weight excluding hydrogens is 398 g/mol. The van der Waals surface area contributed by atoms with Gasteiger partial charge in [0, 0.05) is 45.0 Å². The molecule has 0 aromatic carbocycles. The highest BCUT2D eigenvalue weighted by Gasteiger charge is 2.20. The van der Waals surface area contributed by atoms with Crippen LogP contribution in [0.5, 0.6) is 0 Å². The molecule has 0 saturated carbocycles. The van der Waals surface area contributed by atoms with Gasteiger partial charge in [0.2, 0.25) is 0 Å².